The number of methoxy groups -OCH3 is 1. The van der Waals surface area contributed by atoms with E-state index in [2.05, 4.69) is 10.6 Å². The second kappa shape index (κ2) is 16.0. The molecule has 2 atom stereocenters. The number of nitrogens with one attached hydrogen (secondary N) is 2. The highest BCUT2D eigenvalue weighted by Crippen LogP contribution is 2.30. The molecule has 2 aromatic rings. The monoisotopic (exact) mass is 605 g/mol. The number of hydrogen-bond acceptors (Lipinski definition) is 6. The predicted molar refractivity (Wildman–Crippen MR) is 148 cm³/mol. The summed E-state index contributed by atoms with van der Waals surface area (Å²) >= 11 is 0. The van der Waals surface area contributed by atoms with Gasteiger partial charge in [0.25, 0.3) is 0 Å². The van der Waals surface area contributed by atoms with Crippen LogP contribution in [0.15, 0.2) is 42.5 Å². The molecule has 8 nitrogen and oxygen atoms in total. The van der Waals surface area contributed by atoms with Crippen molar-refractivity contribution in [2.45, 2.75) is 64.4 Å². The summed E-state index contributed by atoms with van der Waals surface area (Å²) in [6.07, 6.45) is -5.60. The van der Waals surface area contributed by atoms with Gasteiger partial charge in [-0.2, -0.15) is 13.2 Å². The zero-order valence-electron chi connectivity index (χ0n) is 23.5. The molecule has 0 unspecified atom stereocenters. The third-order valence-corrected chi connectivity index (χ3v) is 8.17. The predicted octanol–water partition coefficient (Wildman–Crippen LogP) is 3.87. The number of aliphatic hydroxyl groups is 1. The molecular formula is C28H39F4N3O5S. The van der Waals surface area contributed by atoms with Gasteiger partial charge in [-0.1, -0.05) is 26.0 Å². The molecule has 2 aromatic carbocycles. The molecule has 0 aromatic heterocycles. The highest BCUT2D eigenvalue weighted by molar-refractivity contribution is 7.89. The Morgan fingerprint density at radius 3 is 2.37 bits per heavy atom. The molecule has 0 fully saturated rings. The second-order valence-electron chi connectivity index (χ2n) is 9.74. The minimum absolute atomic E-state index is 0.0668. The van der Waals surface area contributed by atoms with Crippen LogP contribution in [0.2, 0.25) is 0 Å². The summed E-state index contributed by atoms with van der Waals surface area (Å²) in [5, 5.41) is 16.5. The number of carbonyl (C=O) groups is 1. The lowest BCUT2D eigenvalue weighted by atomic mass is 9.98. The summed E-state index contributed by atoms with van der Waals surface area (Å²) in [5.41, 5.74) is -0.439. The lowest BCUT2D eigenvalue weighted by Crippen LogP contribution is -2.49. The number of benzene rings is 2. The maximum Gasteiger partial charge on any atom is 0.416 e. The van der Waals surface area contributed by atoms with E-state index in [-0.39, 0.29) is 18.5 Å². The van der Waals surface area contributed by atoms with Crippen LogP contribution in [0.1, 0.15) is 49.8 Å². The van der Waals surface area contributed by atoms with Crippen LogP contribution in [-0.2, 0) is 34.0 Å². The summed E-state index contributed by atoms with van der Waals surface area (Å²) in [6, 6.07) is 8.06. The highest BCUT2D eigenvalue weighted by atomic mass is 32.2. The number of aliphatic hydroxyl groups excluding tert-OH is 1. The first-order valence-corrected chi connectivity index (χ1v) is 15.1. The molecule has 13 heteroatoms. The van der Waals surface area contributed by atoms with E-state index in [1.165, 1.54) is 11.4 Å². The van der Waals surface area contributed by atoms with Crippen molar-refractivity contribution in [2.24, 2.45) is 0 Å². The first-order chi connectivity index (χ1) is 19.3. The van der Waals surface area contributed by atoms with E-state index in [4.69, 9.17) is 4.74 Å². The molecule has 0 saturated carbocycles. The average Bonchev–Trinajstić information content (AvgIpc) is 2.90. The Kier molecular flexibility index (Phi) is 13.5. The Morgan fingerprint density at radius 1 is 1.07 bits per heavy atom. The largest absolute Gasteiger partial charge is 0.497 e. The molecule has 3 N–H and O–H groups in total. The minimum atomic E-state index is -4.79. The number of alkyl halides is 3. The first-order valence-electron chi connectivity index (χ1n) is 13.4. The number of rotatable bonds is 17. The van der Waals surface area contributed by atoms with Crippen LogP contribution in [0, 0.1) is 5.82 Å². The maximum atomic E-state index is 14.0. The number of amides is 1. The maximum absolute atomic E-state index is 14.0. The van der Waals surface area contributed by atoms with Gasteiger partial charge in [0.2, 0.25) is 15.9 Å². The Labute approximate surface area is 239 Å². The van der Waals surface area contributed by atoms with E-state index in [9.17, 15) is 35.9 Å². The third kappa shape index (κ3) is 11.6. The van der Waals surface area contributed by atoms with E-state index < -0.39 is 57.8 Å². The summed E-state index contributed by atoms with van der Waals surface area (Å²) in [7, 11) is -2.20. The van der Waals surface area contributed by atoms with Crippen LogP contribution >= 0.6 is 0 Å². The highest BCUT2D eigenvalue weighted by Gasteiger charge is 2.32. The minimum Gasteiger partial charge on any atom is -0.497 e. The average molecular weight is 606 g/mol. The molecule has 0 radical (unpaired) electrons. The van der Waals surface area contributed by atoms with Gasteiger partial charge in [0, 0.05) is 32.6 Å². The van der Waals surface area contributed by atoms with Gasteiger partial charge in [-0.05, 0) is 60.7 Å². The molecule has 230 valence electrons. The Hall–Kier alpha value is -2.74. The van der Waals surface area contributed by atoms with Crippen molar-refractivity contribution in [3.05, 3.63) is 65.0 Å². The van der Waals surface area contributed by atoms with Gasteiger partial charge in [0.15, 0.2) is 0 Å². The molecular weight excluding hydrogens is 566 g/mol. The van der Waals surface area contributed by atoms with Crippen molar-refractivity contribution in [3.63, 3.8) is 0 Å². The summed E-state index contributed by atoms with van der Waals surface area (Å²) in [6.45, 7) is 4.57. The van der Waals surface area contributed by atoms with Gasteiger partial charge in [-0.25, -0.2) is 17.1 Å². The fourth-order valence-corrected chi connectivity index (χ4v) is 5.90. The van der Waals surface area contributed by atoms with Crippen LogP contribution in [-0.4, -0.2) is 68.4 Å². The number of sulfonamides is 1. The molecule has 2 rings (SSSR count). The number of hydrogen-bond donors (Lipinski definition) is 3. The van der Waals surface area contributed by atoms with Crippen molar-refractivity contribution in [1.29, 1.82) is 0 Å². The lowest BCUT2D eigenvalue weighted by molar-refractivity contribution is -0.137. The molecule has 0 spiro atoms. The molecule has 0 bridgehead atoms. The molecule has 41 heavy (non-hydrogen) atoms. The second-order valence-corrected chi connectivity index (χ2v) is 11.8. The SMILES string of the molecule is CCCN(CCC)S(=O)(=O)CCC(=O)N[C@@H](Cc1cc(F)cc(C(F)(F)F)c1)[C@@H](O)CNCc1cccc(OC)c1. The number of carbonyl (C=O) groups excluding carboxylic acids is 1. The van der Waals surface area contributed by atoms with Gasteiger partial charge < -0.3 is 20.5 Å². The van der Waals surface area contributed by atoms with Crippen molar-refractivity contribution in [2.75, 3.05) is 32.5 Å². The lowest BCUT2D eigenvalue weighted by Gasteiger charge is -2.26. The molecule has 0 heterocycles. The first kappa shape index (κ1) is 34.5. The van der Waals surface area contributed by atoms with Crippen molar-refractivity contribution < 1.29 is 40.6 Å². The van der Waals surface area contributed by atoms with Crippen molar-refractivity contribution in [1.82, 2.24) is 14.9 Å². The number of halogens is 4. The summed E-state index contributed by atoms with van der Waals surface area (Å²) < 4.78 is 85.8. The van der Waals surface area contributed by atoms with Gasteiger partial charge in [0.05, 0.1) is 30.6 Å². The molecule has 0 aliphatic heterocycles. The molecule has 0 aliphatic rings. The van der Waals surface area contributed by atoms with Crippen LogP contribution in [0.5, 0.6) is 5.75 Å². The molecule has 1 amide bonds. The molecule has 0 saturated heterocycles. The standard InChI is InChI=1S/C28H39F4N3O5S/c1-4-10-35(11-5-2)41(38,39)12-9-27(37)34-25(16-21-13-22(28(30,31)32)17-23(29)14-21)26(36)19-33-18-20-7-6-8-24(15-20)40-3/h6-8,13-15,17,25-26,33,36H,4-5,9-12,16,18-19H2,1-3H3,(H,34,37)/t25-,26-/m0/s1. The van der Waals surface area contributed by atoms with Crippen LogP contribution < -0.4 is 15.4 Å². The molecule has 0 aliphatic carbocycles. The van der Waals surface area contributed by atoms with E-state index in [1.54, 1.807) is 18.2 Å². The van der Waals surface area contributed by atoms with E-state index in [0.717, 1.165) is 17.7 Å². The number of ether oxygens (including phenoxy) is 1. The van der Waals surface area contributed by atoms with E-state index >= 15 is 0 Å². The quantitative estimate of drug-likeness (QED) is 0.237. The Bertz CT molecular complexity index is 1220. The zero-order chi connectivity index (χ0) is 30.6. The van der Waals surface area contributed by atoms with Gasteiger partial charge in [0.1, 0.15) is 11.6 Å². The zero-order valence-corrected chi connectivity index (χ0v) is 24.3. The third-order valence-electron chi connectivity index (χ3n) is 6.29. The Morgan fingerprint density at radius 2 is 1.76 bits per heavy atom. The van der Waals surface area contributed by atoms with E-state index in [0.29, 0.717) is 44.3 Å². The smallest absolute Gasteiger partial charge is 0.416 e. The van der Waals surface area contributed by atoms with Crippen molar-refractivity contribution in [3.8, 4) is 5.75 Å². The van der Waals surface area contributed by atoms with Gasteiger partial charge >= 0.3 is 6.18 Å². The van der Waals surface area contributed by atoms with Crippen LogP contribution in [0.3, 0.4) is 0 Å². The normalized spacial score (nSPS) is 13.7. The summed E-state index contributed by atoms with van der Waals surface area (Å²) in [4.78, 5) is 12.8. The fourth-order valence-electron chi connectivity index (χ4n) is 4.28. The van der Waals surface area contributed by atoms with E-state index in [1.807, 2.05) is 19.9 Å². The summed E-state index contributed by atoms with van der Waals surface area (Å²) in [5.74, 6) is -1.64. The van der Waals surface area contributed by atoms with Gasteiger partial charge in [-0.15, -0.1) is 0 Å². The topological polar surface area (TPSA) is 108 Å². The van der Waals surface area contributed by atoms with Crippen LogP contribution in [0.25, 0.3) is 0 Å². The van der Waals surface area contributed by atoms with Gasteiger partial charge in [-0.3, -0.25) is 4.79 Å². The Balaban J connectivity index is 2.17. The fraction of sp³-hybridized carbons (Fsp3) is 0.536. The number of nitrogens with zero attached hydrogens (tertiary/aromatic N) is 1. The van der Waals surface area contributed by atoms with Crippen molar-refractivity contribution >= 4 is 15.9 Å². The van der Waals surface area contributed by atoms with Crippen LogP contribution in [0.4, 0.5) is 17.6 Å².